The van der Waals surface area contributed by atoms with Crippen LogP contribution in [0.2, 0.25) is 0 Å². The average molecular weight is 614 g/mol. The molecule has 14 heteroatoms. The van der Waals surface area contributed by atoms with Gasteiger partial charge in [0.25, 0.3) is 11.8 Å². The molecule has 1 aromatic carbocycles. The van der Waals surface area contributed by atoms with E-state index in [1.807, 2.05) is 6.92 Å². The van der Waals surface area contributed by atoms with E-state index in [4.69, 9.17) is 10.7 Å². The molecule has 2 amide bonds. The fraction of sp³-hybridized carbons (Fsp3) is 0.367. The van der Waals surface area contributed by atoms with E-state index in [1.165, 1.54) is 18.3 Å². The highest BCUT2D eigenvalue weighted by Crippen LogP contribution is 2.45. The van der Waals surface area contributed by atoms with Gasteiger partial charge in [-0.3, -0.25) is 14.0 Å². The van der Waals surface area contributed by atoms with Gasteiger partial charge in [-0.2, -0.15) is 13.2 Å². The van der Waals surface area contributed by atoms with Gasteiger partial charge in [0, 0.05) is 54.6 Å². The van der Waals surface area contributed by atoms with Crippen molar-refractivity contribution in [1.82, 2.24) is 24.3 Å². The zero-order valence-corrected chi connectivity index (χ0v) is 23.5. The lowest BCUT2D eigenvalue weighted by atomic mass is 9.78. The number of hydrogen-bond donors (Lipinski definition) is 2. The number of rotatable bonds is 5. The molecule has 2 fully saturated rings. The molecule has 2 unspecified atom stereocenters. The summed E-state index contributed by atoms with van der Waals surface area (Å²) in [6.45, 7) is 2.10. The van der Waals surface area contributed by atoms with Gasteiger partial charge in [-0.1, -0.05) is 12.1 Å². The summed E-state index contributed by atoms with van der Waals surface area (Å²) in [6.07, 6.45) is 0.788. The van der Waals surface area contributed by atoms with Crippen molar-refractivity contribution in [2.45, 2.75) is 56.7 Å². The highest BCUT2D eigenvalue weighted by atomic mass is 19.4. The Kier molecular flexibility index (Phi) is 7.25. The quantitative estimate of drug-likeness (QED) is 0.276. The lowest BCUT2D eigenvalue weighted by Crippen LogP contribution is -2.54. The maximum absolute atomic E-state index is 14.1. The summed E-state index contributed by atoms with van der Waals surface area (Å²) in [5, 5.41) is 2.37. The van der Waals surface area contributed by atoms with Crippen molar-refractivity contribution in [3.8, 4) is 11.3 Å². The van der Waals surface area contributed by atoms with E-state index in [2.05, 4.69) is 15.3 Å². The number of nitrogens with two attached hydrogens (primary N) is 1. The molecule has 1 saturated carbocycles. The van der Waals surface area contributed by atoms with E-state index >= 15 is 0 Å². The zero-order valence-electron chi connectivity index (χ0n) is 23.5. The summed E-state index contributed by atoms with van der Waals surface area (Å²) in [5.74, 6) is -5.16. The summed E-state index contributed by atoms with van der Waals surface area (Å²) in [7, 11) is 0. The van der Waals surface area contributed by atoms with Crippen molar-refractivity contribution in [3.63, 3.8) is 0 Å². The topological polar surface area (TPSA) is 119 Å². The van der Waals surface area contributed by atoms with Gasteiger partial charge in [0.1, 0.15) is 34.6 Å². The number of fused-ring (bicyclic) bond motifs is 1. The molecule has 0 bridgehead atoms. The monoisotopic (exact) mass is 613 g/mol. The molecule has 230 valence electrons. The van der Waals surface area contributed by atoms with Gasteiger partial charge in [0.15, 0.2) is 0 Å². The summed E-state index contributed by atoms with van der Waals surface area (Å²) < 4.78 is 69.1. The Morgan fingerprint density at radius 2 is 1.80 bits per heavy atom. The van der Waals surface area contributed by atoms with E-state index in [0.717, 1.165) is 18.3 Å². The minimum atomic E-state index is -4.58. The maximum Gasteiger partial charge on any atom is 0.416 e. The number of piperidine rings is 1. The number of halogens is 5. The van der Waals surface area contributed by atoms with Gasteiger partial charge < -0.3 is 16.0 Å². The molecule has 9 nitrogen and oxygen atoms in total. The van der Waals surface area contributed by atoms with E-state index in [0.29, 0.717) is 35.4 Å². The van der Waals surface area contributed by atoms with Gasteiger partial charge in [-0.25, -0.2) is 23.7 Å². The summed E-state index contributed by atoms with van der Waals surface area (Å²) in [4.78, 5) is 40.3. The second kappa shape index (κ2) is 10.8. The third-order valence-corrected chi connectivity index (χ3v) is 8.46. The van der Waals surface area contributed by atoms with Crippen molar-refractivity contribution >= 4 is 29.0 Å². The molecular formula is C30H28F5N7O2. The van der Waals surface area contributed by atoms with Crippen LogP contribution in [0.4, 0.5) is 33.6 Å². The fourth-order valence-electron chi connectivity index (χ4n) is 5.86. The Hall–Kier alpha value is -4.62. The van der Waals surface area contributed by atoms with Crippen molar-refractivity contribution in [1.29, 1.82) is 0 Å². The van der Waals surface area contributed by atoms with Gasteiger partial charge in [0.2, 0.25) is 5.91 Å². The third-order valence-electron chi connectivity index (χ3n) is 8.46. The standard InChI is InChI=1S/C30H28F5N7O2/c1-16-2-3-19(15-42(16)28(44)21-8-10-29(21,31)32)26-40-23(24-25(36)38-12-13-41(24)26)17-4-6-18(7-5-17)27(43)39-22-14-20(9-11-37-22)30(33,34)35/h4-7,9,11-14,16,19,21H,2-3,8,10,15H2,1H3,(H2,36,38)(H,37,39,43)/t16?,19-,21?/m1/s1. The van der Waals surface area contributed by atoms with Crippen LogP contribution in [0.1, 0.15) is 60.3 Å². The van der Waals surface area contributed by atoms with Crippen LogP contribution in [-0.2, 0) is 11.0 Å². The van der Waals surface area contributed by atoms with Gasteiger partial charge >= 0.3 is 6.18 Å². The van der Waals surface area contributed by atoms with Crippen molar-refractivity contribution < 1.29 is 31.5 Å². The summed E-state index contributed by atoms with van der Waals surface area (Å²) >= 11 is 0. The fourth-order valence-corrected chi connectivity index (χ4v) is 5.86. The number of nitrogens with zero attached hydrogens (tertiary/aromatic N) is 5. The molecule has 4 aromatic rings. The summed E-state index contributed by atoms with van der Waals surface area (Å²) in [6, 6.07) is 7.63. The number of hydrogen-bond acceptors (Lipinski definition) is 6. The lowest BCUT2D eigenvalue weighted by molar-refractivity contribution is -0.175. The Morgan fingerprint density at radius 3 is 2.45 bits per heavy atom. The molecule has 4 heterocycles. The second-order valence-electron chi connectivity index (χ2n) is 11.3. The number of nitrogens with one attached hydrogen (secondary N) is 1. The smallest absolute Gasteiger partial charge is 0.382 e. The molecule has 0 radical (unpaired) electrons. The predicted octanol–water partition coefficient (Wildman–Crippen LogP) is 5.78. The van der Waals surface area contributed by atoms with Crippen molar-refractivity contribution in [2.24, 2.45) is 5.92 Å². The minimum absolute atomic E-state index is 0.169. The first-order valence-electron chi connectivity index (χ1n) is 14.1. The van der Waals surface area contributed by atoms with Gasteiger partial charge in [-0.05, 0) is 50.5 Å². The first-order chi connectivity index (χ1) is 20.8. The van der Waals surface area contributed by atoms with E-state index in [9.17, 15) is 31.5 Å². The minimum Gasteiger partial charge on any atom is -0.382 e. The molecular weight excluding hydrogens is 585 g/mol. The third kappa shape index (κ3) is 5.33. The maximum atomic E-state index is 14.1. The SMILES string of the molecule is CC1CC[C@@H](c2nc(-c3ccc(C(=O)Nc4cc(C(F)(F)F)ccn4)cc3)c3c(N)nccn23)CN1C(=O)C1CCC1(F)F. The molecule has 6 rings (SSSR count). The number of amides is 2. The summed E-state index contributed by atoms with van der Waals surface area (Å²) in [5.41, 5.74) is 7.07. The number of anilines is 2. The molecule has 2 aliphatic rings. The average Bonchev–Trinajstić information content (AvgIpc) is 3.37. The number of pyridine rings is 1. The zero-order chi connectivity index (χ0) is 31.4. The van der Waals surface area contributed by atoms with Gasteiger partial charge in [-0.15, -0.1) is 0 Å². The Balaban J connectivity index is 1.27. The number of carbonyl (C=O) groups excluding carboxylic acids is 2. The molecule has 3 N–H and O–H groups in total. The molecule has 1 aliphatic carbocycles. The van der Waals surface area contributed by atoms with Crippen molar-refractivity contribution in [3.05, 3.63) is 71.9 Å². The number of benzene rings is 1. The van der Waals surface area contributed by atoms with Crippen molar-refractivity contribution in [2.75, 3.05) is 17.6 Å². The molecule has 44 heavy (non-hydrogen) atoms. The van der Waals surface area contributed by atoms with E-state index in [1.54, 1.807) is 27.6 Å². The Bertz CT molecular complexity index is 1740. The number of aromatic nitrogens is 4. The predicted molar refractivity (Wildman–Crippen MR) is 151 cm³/mol. The second-order valence-corrected chi connectivity index (χ2v) is 11.3. The first-order valence-corrected chi connectivity index (χ1v) is 14.1. The number of alkyl halides is 5. The molecule has 1 saturated heterocycles. The highest BCUT2D eigenvalue weighted by Gasteiger charge is 2.54. The molecule has 3 aromatic heterocycles. The first kappa shape index (κ1) is 29.5. The van der Waals surface area contributed by atoms with E-state index in [-0.39, 0.29) is 48.5 Å². The van der Waals surface area contributed by atoms with Crippen LogP contribution in [0.5, 0.6) is 0 Å². The molecule has 0 spiro atoms. The Labute approximate surface area is 248 Å². The van der Waals surface area contributed by atoms with Crippen LogP contribution in [0.15, 0.2) is 55.0 Å². The normalized spacial score (nSPS) is 21.6. The Morgan fingerprint density at radius 1 is 1.05 bits per heavy atom. The van der Waals surface area contributed by atoms with Crippen LogP contribution < -0.4 is 11.1 Å². The van der Waals surface area contributed by atoms with Crippen LogP contribution in [0, 0.1) is 5.92 Å². The number of carbonyl (C=O) groups is 2. The number of nitrogen functional groups attached to an aromatic ring is 1. The van der Waals surface area contributed by atoms with Gasteiger partial charge in [0.05, 0.1) is 5.56 Å². The van der Waals surface area contributed by atoms with Crippen LogP contribution >= 0.6 is 0 Å². The van der Waals surface area contributed by atoms with Crippen LogP contribution in [0.25, 0.3) is 16.8 Å². The molecule has 1 aliphatic heterocycles. The van der Waals surface area contributed by atoms with Crippen LogP contribution in [-0.4, -0.2) is 54.6 Å². The van der Waals surface area contributed by atoms with E-state index < -0.39 is 35.4 Å². The number of imidazole rings is 1. The molecule has 3 atom stereocenters. The largest absolute Gasteiger partial charge is 0.416 e. The highest BCUT2D eigenvalue weighted by molar-refractivity contribution is 6.04. The van der Waals surface area contributed by atoms with Crippen LogP contribution in [0.3, 0.4) is 0 Å². The lowest BCUT2D eigenvalue weighted by Gasteiger charge is -2.43. The number of likely N-dealkylation sites (tertiary alicyclic amines) is 1.